The van der Waals surface area contributed by atoms with Crippen molar-refractivity contribution in [3.63, 3.8) is 0 Å². The quantitative estimate of drug-likeness (QED) is 0.582. The third kappa shape index (κ3) is 3.94. The van der Waals surface area contributed by atoms with Gasteiger partial charge in [0.1, 0.15) is 4.21 Å². The molecule has 1 N–H and O–H groups in total. The van der Waals surface area contributed by atoms with E-state index in [1.54, 1.807) is 16.3 Å². The minimum atomic E-state index is -3.67. The van der Waals surface area contributed by atoms with Gasteiger partial charge in [-0.05, 0) is 73.8 Å². The summed E-state index contributed by atoms with van der Waals surface area (Å²) >= 11 is 1.08. The zero-order chi connectivity index (χ0) is 26.6. The van der Waals surface area contributed by atoms with Crippen molar-refractivity contribution in [3.05, 3.63) is 40.8 Å². The van der Waals surface area contributed by atoms with Crippen molar-refractivity contribution in [3.8, 4) is 0 Å². The van der Waals surface area contributed by atoms with Gasteiger partial charge in [-0.15, -0.1) is 11.3 Å². The van der Waals surface area contributed by atoms with Crippen LogP contribution >= 0.6 is 11.3 Å². The van der Waals surface area contributed by atoms with Gasteiger partial charge in [-0.2, -0.15) is 4.31 Å². The lowest BCUT2D eigenvalue weighted by molar-refractivity contribution is -0.200. The van der Waals surface area contributed by atoms with Crippen LogP contribution in [0.4, 0.5) is 11.4 Å². The Hall–Kier alpha value is -1.99. The highest BCUT2D eigenvalue weighted by Crippen LogP contribution is 2.62. The maximum Gasteiger partial charge on any atom is 0.259 e. The first-order valence-corrected chi connectivity index (χ1v) is 17.3. The number of fused-ring (bicyclic) bond motifs is 2. The average molecular weight is 578 g/mol. The molecule has 4 heterocycles. The summed E-state index contributed by atoms with van der Waals surface area (Å²) in [5.41, 5.74) is 2.57. The topological polar surface area (TPSA) is 113 Å². The van der Waals surface area contributed by atoms with Crippen molar-refractivity contribution in [2.75, 3.05) is 42.1 Å². The molecule has 204 valence electrons. The first kappa shape index (κ1) is 25.0. The molecule has 3 aliphatic heterocycles. The molecule has 0 unspecified atom stereocenters. The second-order valence-corrected chi connectivity index (χ2v) is 16.8. The predicted octanol–water partition coefficient (Wildman–Crippen LogP) is 3.54. The lowest BCUT2D eigenvalue weighted by atomic mass is 9.66. The summed E-state index contributed by atoms with van der Waals surface area (Å²) in [4.78, 5) is 15.6. The minimum absolute atomic E-state index is 0.171. The summed E-state index contributed by atoms with van der Waals surface area (Å²) in [6.07, 6.45) is 8.68. The number of hydrogen-bond donors (Lipinski definition) is 1. The summed E-state index contributed by atoms with van der Waals surface area (Å²) in [5, 5.41) is 1.63. The van der Waals surface area contributed by atoms with Crippen molar-refractivity contribution in [1.82, 2.24) is 4.31 Å². The molecular weight excluding hydrogens is 547 g/mol. The van der Waals surface area contributed by atoms with E-state index in [0.29, 0.717) is 42.9 Å². The molecule has 2 saturated heterocycles. The number of rotatable bonds is 5. The number of thiophene rings is 1. The van der Waals surface area contributed by atoms with Crippen molar-refractivity contribution >= 4 is 48.7 Å². The molecule has 0 atom stereocenters. The molecule has 2 aromatic rings. The van der Waals surface area contributed by atoms with Gasteiger partial charge in [-0.25, -0.2) is 16.8 Å². The molecule has 0 bridgehead atoms. The number of anilines is 2. The number of nitrogens with one attached hydrogen (secondary N) is 1. The summed E-state index contributed by atoms with van der Waals surface area (Å²) in [7, 11) is -7.10. The van der Waals surface area contributed by atoms with Gasteiger partial charge in [0.15, 0.2) is 0 Å². The molecule has 38 heavy (non-hydrogen) atoms. The van der Waals surface area contributed by atoms with Crippen LogP contribution in [0.15, 0.2) is 33.9 Å². The zero-order valence-electron chi connectivity index (χ0n) is 21.2. The first-order valence-electron chi connectivity index (χ1n) is 13.1. The molecule has 2 saturated carbocycles. The average Bonchev–Trinajstić information content (AvgIpc) is 3.23. The first-order chi connectivity index (χ1) is 17.9. The van der Waals surface area contributed by atoms with Crippen molar-refractivity contribution in [2.24, 2.45) is 5.41 Å². The molecule has 12 heteroatoms. The Balaban J connectivity index is 1.17. The van der Waals surface area contributed by atoms with E-state index < -0.39 is 20.0 Å². The Labute approximate surface area is 227 Å². The highest BCUT2D eigenvalue weighted by Gasteiger charge is 2.55. The van der Waals surface area contributed by atoms with Crippen LogP contribution in [0.1, 0.15) is 60.9 Å². The fourth-order valence-electron chi connectivity index (χ4n) is 6.74. The van der Waals surface area contributed by atoms with Crippen LogP contribution in [0.5, 0.6) is 0 Å². The zero-order valence-corrected chi connectivity index (χ0v) is 23.7. The molecule has 5 aliphatic rings. The van der Waals surface area contributed by atoms with Gasteiger partial charge in [0.05, 0.1) is 24.0 Å². The fraction of sp³-hybridized carbons (Fsp3) is 0.577. The third-order valence-electron chi connectivity index (χ3n) is 9.40. The number of ether oxygens (including phenoxy) is 1. The van der Waals surface area contributed by atoms with Gasteiger partial charge >= 0.3 is 0 Å². The smallest absolute Gasteiger partial charge is 0.259 e. The van der Waals surface area contributed by atoms with Gasteiger partial charge < -0.3 is 9.64 Å². The van der Waals surface area contributed by atoms with Crippen LogP contribution in [0.25, 0.3) is 0 Å². The Bertz CT molecular complexity index is 1540. The maximum atomic E-state index is 13.8. The Morgan fingerprint density at radius 3 is 2.26 bits per heavy atom. The van der Waals surface area contributed by atoms with Gasteiger partial charge in [0, 0.05) is 48.2 Å². The molecule has 1 aromatic carbocycles. The number of nitrogens with zero attached hydrogens (tertiary/aromatic N) is 2. The van der Waals surface area contributed by atoms with E-state index in [9.17, 15) is 21.6 Å². The maximum absolute atomic E-state index is 13.8. The van der Waals surface area contributed by atoms with Crippen LogP contribution < -0.4 is 9.62 Å². The third-order valence-corrected chi connectivity index (χ3v) is 13.2. The normalized spacial score (nSPS) is 24.7. The molecule has 1 aromatic heterocycles. The van der Waals surface area contributed by atoms with E-state index in [0.717, 1.165) is 60.9 Å². The van der Waals surface area contributed by atoms with E-state index in [1.807, 2.05) is 12.1 Å². The van der Waals surface area contributed by atoms with E-state index >= 15 is 0 Å². The highest BCUT2D eigenvalue weighted by molar-refractivity contribution is 7.92. The van der Waals surface area contributed by atoms with Crippen LogP contribution in [0, 0.1) is 5.41 Å². The second-order valence-electron chi connectivity index (χ2n) is 12.0. The largest absolute Gasteiger partial charge is 0.372 e. The number of benzene rings is 1. The lowest BCUT2D eigenvalue weighted by Gasteiger charge is -2.53. The fourth-order valence-corrected chi connectivity index (χ4v) is 10.2. The number of sulfonamides is 2. The molecule has 0 radical (unpaired) electrons. The molecule has 3 spiro atoms. The predicted molar refractivity (Wildman–Crippen MR) is 145 cm³/mol. The number of carbonyl (C=O) groups excluding carboxylic acids is 1. The van der Waals surface area contributed by atoms with Gasteiger partial charge in [0.2, 0.25) is 10.0 Å². The van der Waals surface area contributed by atoms with Gasteiger partial charge in [-0.3, -0.25) is 9.52 Å². The highest BCUT2D eigenvalue weighted by atomic mass is 32.2. The second kappa shape index (κ2) is 8.03. The Morgan fingerprint density at radius 2 is 1.66 bits per heavy atom. The van der Waals surface area contributed by atoms with Crippen LogP contribution in [-0.4, -0.2) is 65.1 Å². The molecule has 2 aliphatic carbocycles. The standard InChI is InChI=1S/C26H31N3O6S3/c1-37(31,32)27-19-2-3-21-20(13-19)25(8-6-24(4-5-24)7-9-25)15-29(21)23(30)18-12-22(36-14-18)38(33,34)28-16-26(17-28)10-11-35-26/h2-3,12-14,27H,4-11,15-17H2,1H3. The summed E-state index contributed by atoms with van der Waals surface area (Å²) in [6.45, 7) is 1.92. The van der Waals surface area contributed by atoms with E-state index in [4.69, 9.17) is 4.74 Å². The summed E-state index contributed by atoms with van der Waals surface area (Å²) in [6, 6.07) is 6.90. The van der Waals surface area contributed by atoms with Crippen molar-refractivity contribution in [2.45, 2.75) is 60.2 Å². The molecule has 1 amide bonds. The Morgan fingerprint density at radius 1 is 0.974 bits per heavy atom. The Kier molecular flexibility index (Phi) is 5.29. The summed E-state index contributed by atoms with van der Waals surface area (Å²) in [5.74, 6) is -0.223. The summed E-state index contributed by atoms with van der Waals surface area (Å²) < 4.78 is 59.9. The van der Waals surface area contributed by atoms with E-state index in [2.05, 4.69) is 4.72 Å². The van der Waals surface area contributed by atoms with Crippen molar-refractivity contribution in [1.29, 1.82) is 0 Å². The molecule has 4 fully saturated rings. The molecular formula is C26H31N3O6S3. The van der Waals surface area contributed by atoms with E-state index in [-0.39, 0.29) is 21.1 Å². The number of carbonyl (C=O) groups is 1. The van der Waals surface area contributed by atoms with Gasteiger partial charge in [0.25, 0.3) is 15.9 Å². The van der Waals surface area contributed by atoms with Gasteiger partial charge in [-0.1, -0.05) is 0 Å². The SMILES string of the molecule is CS(=O)(=O)Nc1ccc2c(c1)C1(CCC3(CC3)CC1)CN2C(=O)c1csc(S(=O)(=O)N2CC3(CCO3)C2)c1. The monoisotopic (exact) mass is 577 g/mol. The van der Waals surface area contributed by atoms with Crippen LogP contribution in [0.3, 0.4) is 0 Å². The van der Waals surface area contributed by atoms with E-state index in [1.165, 1.54) is 23.2 Å². The minimum Gasteiger partial charge on any atom is -0.372 e. The van der Waals surface area contributed by atoms with Crippen molar-refractivity contribution < 1.29 is 26.4 Å². The lowest BCUT2D eigenvalue weighted by Crippen LogP contribution is -2.69. The molecule has 9 nitrogen and oxygen atoms in total. The van der Waals surface area contributed by atoms with Crippen LogP contribution in [-0.2, 0) is 30.2 Å². The number of amides is 1. The molecule has 7 rings (SSSR count). The van der Waals surface area contributed by atoms with Crippen LogP contribution in [0.2, 0.25) is 0 Å². The number of hydrogen-bond acceptors (Lipinski definition) is 7.